The van der Waals surface area contributed by atoms with Crippen LogP contribution in [0.1, 0.15) is 28.4 Å². The lowest BCUT2D eigenvalue weighted by molar-refractivity contribution is 0.0767. The Labute approximate surface area is 141 Å². The summed E-state index contributed by atoms with van der Waals surface area (Å²) in [5, 5.41) is 0. The number of aryl methyl sites for hydroxylation is 1. The third-order valence-corrected chi connectivity index (χ3v) is 3.93. The summed E-state index contributed by atoms with van der Waals surface area (Å²) in [5.74, 6) is 1.53. The van der Waals surface area contributed by atoms with Gasteiger partial charge in [0, 0.05) is 31.8 Å². The van der Waals surface area contributed by atoms with Crippen molar-refractivity contribution in [1.82, 2.24) is 24.8 Å². The van der Waals surface area contributed by atoms with Gasteiger partial charge < -0.3 is 19.5 Å². The molecule has 1 atom stereocenters. The minimum Gasteiger partial charge on any atom is -0.488 e. The Balaban J connectivity index is 1.59. The molecule has 3 heterocycles. The summed E-state index contributed by atoms with van der Waals surface area (Å²) >= 11 is 0. The number of likely N-dealkylation sites (tertiary alicyclic amines) is 1. The number of hydrogen-bond acceptors (Lipinski definition) is 5. The van der Waals surface area contributed by atoms with Crippen molar-refractivity contribution < 1.29 is 9.53 Å². The van der Waals surface area contributed by atoms with Gasteiger partial charge in [-0.05, 0) is 27.1 Å². The standard InChI is InChI=1S/C17H23N5O2/c1-12-19-9-16(20-12)17(23)22-7-5-15(11-22)24-14-4-6-18-13(8-14)10-21(2)3/h4,6,8-9,15H,5,7,10-11H2,1-3H3,(H,19,20). The molecule has 2 aromatic rings. The molecule has 0 radical (unpaired) electrons. The van der Waals surface area contributed by atoms with E-state index in [-0.39, 0.29) is 12.0 Å². The molecule has 0 saturated carbocycles. The molecule has 1 unspecified atom stereocenters. The molecule has 1 amide bonds. The Bertz CT molecular complexity index is 713. The molecular weight excluding hydrogens is 306 g/mol. The quantitative estimate of drug-likeness (QED) is 0.899. The van der Waals surface area contributed by atoms with Crippen molar-refractivity contribution in [3.8, 4) is 5.75 Å². The molecule has 1 N–H and O–H groups in total. The van der Waals surface area contributed by atoms with E-state index in [2.05, 4.69) is 19.9 Å². The average molecular weight is 329 g/mol. The van der Waals surface area contributed by atoms with E-state index in [1.807, 2.05) is 33.2 Å². The topological polar surface area (TPSA) is 74.4 Å². The Kier molecular flexibility index (Phi) is 4.80. The Morgan fingerprint density at radius 1 is 1.46 bits per heavy atom. The Morgan fingerprint density at radius 2 is 2.29 bits per heavy atom. The van der Waals surface area contributed by atoms with Crippen molar-refractivity contribution in [3.05, 3.63) is 41.7 Å². The number of carbonyl (C=O) groups excluding carboxylic acids is 1. The van der Waals surface area contributed by atoms with E-state index < -0.39 is 0 Å². The summed E-state index contributed by atoms with van der Waals surface area (Å²) in [7, 11) is 4.01. The first-order chi connectivity index (χ1) is 11.5. The molecule has 2 aromatic heterocycles. The van der Waals surface area contributed by atoms with Crippen molar-refractivity contribution in [2.45, 2.75) is 26.0 Å². The van der Waals surface area contributed by atoms with Crippen LogP contribution in [-0.4, -0.2) is 63.9 Å². The predicted octanol–water partition coefficient (Wildman–Crippen LogP) is 1.47. The summed E-state index contributed by atoms with van der Waals surface area (Å²) in [5.41, 5.74) is 1.50. The van der Waals surface area contributed by atoms with Crippen LogP contribution in [0.4, 0.5) is 0 Å². The van der Waals surface area contributed by atoms with E-state index in [9.17, 15) is 4.79 Å². The maximum absolute atomic E-state index is 12.4. The smallest absolute Gasteiger partial charge is 0.272 e. The zero-order chi connectivity index (χ0) is 17.1. The third-order valence-electron chi connectivity index (χ3n) is 3.93. The summed E-state index contributed by atoms with van der Waals surface area (Å²) in [4.78, 5) is 27.7. The van der Waals surface area contributed by atoms with Gasteiger partial charge in [-0.3, -0.25) is 9.78 Å². The highest BCUT2D eigenvalue weighted by molar-refractivity contribution is 5.92. The number of hydrogen-bond donors (Lipinski definition) is 1. The summed E-state index contributed by atoms with van der Waals surface area (Å²) in [6.45, 7) is 3.88. The maximum atomic E-state index is 12.4. The van der Waals surface area contributed by atoms with Crippen molar-refractivity contribution in [2.24, 2.45) is 0 Å². The van der Waals surface area contributed by atoms with Gasteiger partial charge in [-0.15, -0.1) is 0 Å². The molecule has 1 fully saturated rings. The fourth-order valence-electron chi connectivity index (χ4n) is 2.84. The van der Waals surface area contributed by atoms with E-state index in [1.54, 1.807) is 17.3 Å². The fraction of sp³-hybridized carbons (Fsp3) is 0.471. The minimum atomic E-state index is -0.0234. The largest absolute Gasteiger partial charge is 0.488 e. The molecule has 3 rings (SSSR count). The Morgan fingerprint density at radius 3 is 3.00 bits per heavy atom. The van der Waals surface area contributed by atoms with Gasteiger partial charge in [0.2, 0.25) is 0 Å². The first kappa shape index (κ1) is 16.4. The zero-order valence-electron chi connectivity index (χ0n) is 14.3. The molecule has 0 spiro atoms. The lowest BCUT2D eigenvalue weighted by atomic mass is 10.3. The van der Waals surface area contributed by atoms with Gasteiger partial charge in [0.25, 0.3) is 5.91 Å². The highest BCUT2D eigenvalue weighted by atomic mass is 16.5. The summed E-state index contributed by atoms with van der Waals surface area (Å²) in [6.07, 6.45) is 4.18. The number of pyridine rings is 1. The number of rotatable bonds is 5. The number of aromatic amines is 1. The van der Waals surface area contributed by atoms with Crippen LogP contribution in [0.5, 0.6) is 5.75 Å². The molecule has 128 valence electrons. The highest BCUT2D eigenvalue weighted by Gasteiger charge is 2.29. The lowest BCUT2D eigenvalue weighted by Gasteiger charge is -2.17. The van der Waals surface area contributed by atoms with Crippen molar-refractivity contribution in [1.29, 1.82) is 0 Å². The van der Waals surface area contributed by atoms with Gasteiger partial charge >= 0.3 is 0 Å². The number of imidazole rings is 1. The van der Waals surface area contributed by atoms with E-state index in [0.717, 1.165) is 30.2 Å². The second-order valence-corrected chi connectivity index (χ2v) is 6.38. The number of amides is 1. The predicted molar refractivity (Wildman–Crippen MR) is 89.9 cm³/mol. The Hall–Kier alpha value is -2.41. The van der Waals surface area contributed by atoms with Gasteiger partial charge in [0.1, 0.15) is 23.4 Å². The van der Waals surface area contributed by atoms with Crippen LogP contribution in [0, 0.1) is 6.92 Å². The fourth-order valence-corrected chi connectivity index (χ4v) is 2.84. The number of ether oxygens (including phenoxy) is 1. The number of carbonyl (C=O) groups is 1. The number of nitrogens with one attached hydrogen (secondary N) is 1. The lowest BCUT2D eigenvalue weighted by Crippen LogP contribution is -2.31. The maximum Gasteiger partial charge on any atom is 0.272 e. The van der Waals surface area contributed by atoms with Crippen LogP contribution < -0.4 is 4.74 Å². The molecular formula is C17H23N5O2. The second kappa shape index (κ2) is 7.00. The molecule has 24 heavy (non-hydrogen) atoms. The SMILES string of the molecule is Cc1ncc(C(=O)N2CCC(Oc3ccnc(CN(C)C)c3)C2)[nH]1. The van der Waals surface area contributed by atoms with Gasteiger partial charge in [-0.1, -0.05) is 0 Å². The second-order valence-electron chi connectivity index (χ2n) is 6.38. The normalized spacial score (nSPS) is 17.5. The molecule has 0 bridgehead atoms. The van der Waals surface area contributed by atoms with Crippen molar-refractivity contribution >= 4 is 5.91 Å². The molecule has 1 aliphatic heterocycles. The summed E-state index contributed by atoms with van der Waals surface area (Å²) < 4.78 is 6.04. The number of aromatic nitrogens is 3. The third kappa shape index (κ3) is 3.91. The van der Waals surface area contributed by atoms with Crippen LogP contribution >= 0.6 is 0 Å². The van der Waals surface area contributed by atoms with E-state index in [1.165, 1.54) is 0 Å². The van der Waals surface area contributed by atoms with Crippen LogP contribution in [0.15, 0.2) is 24.5 Å². The van der Waals surface area contributed by atoms with Crippen LogP contribution in [-0.2, 0) is 6.54 Å². The van der Waals surface area contributed by atoms with Crippen molar-refractivity contribution in [3.63, 3.8) is 0 Å². The monoisotopic (exact) mass is 329 g/mol. The van der Waals surface area contributed by atoms with E-state index >= 15 is 0 Å². The number of nitrogens with zero attached hydrogens (tertiary/aromatic N) is 4. The minimum absolute atomic E-state index is 0.00701. The molecule has 1 saturated heterocycles. The molecule has 0 aliphatic carbocycles. The van der Waals surface area contributed by atoms with Gasteiger partial charge in [0.05, 0.1) is 18.4 Å². The highest BCUT2D eigenvalue weighted by Crippen LogP contribution is 2.20. The van der Waals surface area contributed by atoms with Crippen LogP contribution in [0.25, 0.3) is 0 Å². The van der Waals surface area contributed by atoms with Crippen LogP contribution in [0.2, 0.25) is 0 Å². The van der Waals surface area contributed by atoms with Gasteiger partial charge in [-0.2, -0.15) is 0 Å². The molecule has 7 nitrogen and oxygen atoms in total. The average Bonchev–Trinajstić information content (AvgIpc) is 3.15. The first-order valence-corrected chi connectivity index (χ1v) is 8.08. The first-order valence-electron chi connectivity index (χ1n) is 8.08. The van der Waals surface area contributed by atoms with Gasteiger partial charge in [0.15, 0.2) is 0 Å². The molecule has 0 aromatic carbocycles. The van der Waals surface area contributed by atoms with Crippen LogP contribution in [0.3, 0.4) is 0 Å². The molecule has 7 heteroatoms. The summed E-state index contributed by atoms with van der Waals surface area (Å²) in [6, 6.07) is 3.82. The van der Waals surface area contributed by atoms with Gasteiger partial charge in [-0.25, -0.2) is 4.98 Å². The zero-order valence-corrected chi connectivity index (χ0v) is 14.3. The van der Waals surface area contributed by atoms with E-state index in [0.29, 0.717) is 18.8 Å². The number of H-pyrrole nitrogens is 1. The molecule has 1 aliphatic rings. The van der Waals surface area contributed by atoms with E-state index in [4.69, 9.17) is 4.74 Å². The van der Waals surface area contributed by atoms with Crippen molar-refractivity contribution in [2.75, 3.05) is 27.2 Å².